The first kappa shape index (κ1) is 28.2. The minimum Gasteiger partial charge on any atom is -0.357 e. The predicted octanol–water partition coefficient (Wildman–Crippen LogP) is 4.69. The number of amides is 1. The highest BCUT2D eigenvalue weighted by Crippen LogP contribution is 2.34. The summed E-state index contributed by atoms with van der Waals surface area (Å²) in [6.45, 7) is 14.5. The molecule has 0 atom stereocenters. The van der Waals surface area contributed by atoms with E-state index in [9.17, 15) is 4.79 Å². The molecule has 1 amide bonds. The summed E-state index contributed by atoms with van der Waals surface area (Å²) >= 11 is 0. The van der Waals surface area contributed by atoms with Gasteiger partial charge in [-0.05, 0) is 57.2 Å². The number of anilines is 2. The number of hydrogen-bond donors (Lipinski definition) is 1. The number of piperidine rings is 2. The molecule has 208 valence electrons. The van der Waals surface area contributed by atoms with E-state index < -0.39 is 17.2 Å². The van der Waals surface area contributed by atoms with Crippen LogP contribution in [0, 0.1) is 24.0 Å². The van der Waals surface area contributed by atoms with Crippen molar-refractivity contribution in [2.45, 2.75) is 72.4 Å². The summed E-state index contributed by atoms with van der Waals surface area (Å²) in [4.78, 5) is 27.3. The number of hydrogen-bond acceptors (Lipinski definition) is 6. The summed E-state index contributed by atoms with van der Waals surface area (Å²) in [7, 11) is 0. The van der Waals surface area contributed by atoms with Crippen LogP contribution in [-0.2, 0) is 11.3 Å². The number of rotatable bonds is 4. The van der Waals surface area contributed by atoms with E-state index in [4.69, 9.17) is 0 Å². The van der Waals surface area contributed by atoms with Crippen LogP contribution >= 0.6 is 0 Å². The molecule has 0 saturated carbocycles. The maximum absolute atomic E-state index is 15.3. The Hall–Kier alpha value is -2.81. The number of aromatic nitrogens is 2. The van der Waals surface area contributed by atoms with Crippen molar-refractivity contribution < 1.29 is 13.6 Å². The van der Waals surface area contributed by atoms with E-state index in [0.717, 1.165) is 37.4 Å². The SMILES string of the molecule is CC.Cc1cc(N2CCC3(CC2)CN(c2cc(F)c(CN4CCC(C)(C)CC4)cc2F)CC(=O)N3)ncn1. The fraction of sp³-hybridized carbons (Fsp3) is 0.621. The standard InChI is InChI=1S/C27H36F2N6O.C2H6/c1-19-12-24(31-18-30-19)34-10-6-27(7-11-34)17-35(16-25(36)32-27)23-14-21(28)20(13-22(23)29)15-33-8-4-26(2,3)5-9-33;1-2/h12-14,18H,4-11,15-17H2,1-3H3,(H,32,36);1-2H3. The summed E-state index contributed by atoms with van der Waals surface area (Å²) in [5, 5.41) is 3.16. The van der Waals surface area contributed by atoms with E-state index in [-0.39, 0.29) is 18.1 Å². The second kappa shape index (κ2) is 11.5. The molecule has 1 aromatic heterocycles. The van der Waals surface area contributed by atoms with Crippen LogP contribution in [0.3, 0.4) is 0 Å². The number of carbonyl (C=O) groups is 1. The highest BCUT2D eigenvalue weighted by molar-refractivity contribution is 5.84. The van der Waals surface area contributed by atoms with E-state index in [1.807, 2.05) is 26.8 Å². The number of likely N-dealkylation sites (tertiary alicyclic amines) is 1. The normalized spacial score (nSPS) is 21.1. The smallest absolute Gasteiger partial charge is 0.240 e. The van der Waals surface area contributed by atoms with Crippen molar-refractivity contribution in [1.82, 2.24) is 20.2 Å². The molecule has 1 aromatic carbocycles. The molecule has 9 heteroatoms. The molecule has 0 radical (unpaired) electrons. The van der Waals surface area contributed by atoms with Crippen molar-refractivity contribution in [1.29, 1.82) is 0 Å². The van der Waals surface area contributed by atoms with E-state index in [1.54, 1.807) is 11.2 Å². The second-order valence-electron chi connectivity index (χ2n) is 11.5. The first-order chi connectivity index (χ1) is 18.1. The Balaban J connectivity index is 0.00000164. The van der Waals surface area contributed by atoms with Gasteiger partial charge in [0, 0.05) is 49.6 Å². The van der Waals surface area contributed by atoms with E-state index in [2.05, 4.69) is 38.9 Å². The van der Waals surface area contributed by atoms with Gasteiger partial charge in [0.1, 0.15) is 23.8 Å². The highest BCUT2D eigenvalue weighted by atomic mass is 19.1. The molecule has 3 fully saturated rings. The van der Waals surface area contributed by atoms with Crippen LogP contribution in [0.15, 0.2) is 24.5 Å². The van der Waals surface area contributed by atoms with E-state index >= 15 is 8.78 Å². The lowest BCUT2D eigenvalue weighted by atomic mass is 9.82. The number of aryl methyl sites for hydroxylation is 1. The minimum absolute atomic E-state index is 0.0213. The molecule has 5 rings (SSSR count). The van der Waals surface area contributed by atoms with Crippen molar-refractivity contribution in [2.24, 2.45) is 5.41 Å². The summed E-state index contributed by atoms with van der Waals surface area (Å²) in [6, 6.07) is 4.56. The fourth-order valence-corrected chi connectivity index (χ4v) is 5.70. The molecule has 4 heterocycles. The van der Waals surface area contributed by atoms with E-state index in [0.29, 0.717) is 50.0 Å². The molecule has 1 N–H and O–H groups in total. The Morgan fingerprint density at radius 1 is 0.921 bits per heavy atom. The van der Waals surface area contributed by atoms with Gasteiger partial charge in [0.15, 0.2) is 0 Å². The number of carbonyl (C=O) groups excluding carboxylic acids is 1. The number of benzene rings is 1. The zero-order valence-corrected chi connectivity index (χ0v) is 23.5. The number of piperazine rings is 1. The summed E-state index contributed by atoms with van der Waals surface area (Å²) in [5.41, 5.74) is 1.27. The van der Waals surface area contributed by atoms with Gasteiger partial charge >= 0.3 is 0 Å². The minimum atomic E-state index is -0.476. The number of nitrogens with zero attached hydrogens (tertiary/aromatic N) is 5. The van der Waals surface area contributed by atoms with E-state index in [1.165, 1.54) is 12.1 Å². The van der Waals surface area contributed by atoms with Gasteiger partial charge in [-0.2, -0.15) is 0 Å². The topological polar surface area (TPSA) is 64.6 Å². The Morgan fingerprint density at radius 2 is 1.61 bits per heavy atom. The predicted molar refractivity (Wildman–Crippen MR) is 147 cm³/mol. The van der Waals surface area contributed by atoms with Crippen molar-refractivity contribution in [2.75, 3.05) is 49.1 Å². The molecule has 38 heavy (non-hydrogen) atoms. The maximum Gasteiger partial charge on any atom is 0.240 e. The molecule has 0 aliphatic carbocycles. The Kier molecular flexibility index (Phi) is 8.55. The number of nitrogens with one attached hydrogen (secondary N) is 1. The Labute approximate surface area is 225 Å². The highest BCUT2D eigenvalue weighted by Gasteiger charge is 2.42. The third-order valence-corrected chi connectivity index (χ3v) is 8.13. The van der Waals surface area contributed by atoms with Gasteiger partial charge in [-0.15, -0.1) is 0 Å². The maximum atomic E-state index is 15.3. The summed E-state index contributed by atoms with van der Waals surface area (Å²) in [6.07, 6.45) is 5.06. The van der Waals surface area contributed by atoms with Gasteiger partial charge in [0.25, 0.3) is 0 Å². The molecule has 0 unspecified atom stereocenters. The third-order valence-electron chi connectivity index (χ3n) is 8.13. The zero-order chi connectivity index (χ0) is 27.5. The third kappa shape index (κ3) is 6.42. The molecule has 1 spiro atoms. The van der Waals surface area contributed by atoms with Gasteiger partial charge in [-0.1, -0.05) is 27.7 Å². The van der Waals surface area contributed by atoms with Crippen molar-refractivity contribution in [3.8, 4) is 0 Å². The molecule has 7 nitrogen and oxygen atoms in total. The average molecular weight is 529 g/mol. The fourth-order valence-electron chi connectivity index (χ4n) is 5.70. The average Bonchev–Trinajstić information content (AvgIpc) is 2.88. The lowest BCUT2D eigenvalue weighted by Gasteiger charge is -2.48. The van der Waals surface area contributed by atoms with Crippen LogP contribution in [0.25, 0.3) is 0 Å². The first-order valence-corrected chi connectivity index (χ1v) is 13.9. The van der Waals surface area contributed by atoms with Gasteiger partial charge in [-0.3, -0.25) is 9.69 Å². The van der Waals surface area contributed by atoms with Gasteiger partial charge in [0.2, 0.25) is 5.91 Å². The molecule has 3 aliphatic heterocycles. The van der Waals surface area contributed by atoms with Crippen molar-refractivity contribution in [3.63, 3.8) is 0 Å². The summed E-state index contributed by atoms with van der Waals surface area (Å²) < 4.78 is 30.5. The molecule has 0 bridgehead atoms. The largest absolute Gasteiger partial charge is 0.357 e. The van der Waals surface area contributed by atoms with Crippen molar-refractivity contribution in [3.05, 3.63) is 47.4 Å². The molecule has 2 aromatic rings. The zero-order valence-electron chi connectivity index (χ0n) is 23.5. The van der Waals surface area contributed by atoms with Crippen LogP contribution in [0.2, 0.25) is 0 Å². The lowest BCUT2D eigenvalue weighted by Crippen LogP contribution is -2.66. The quantitative estimate of drug-likeness (QED) is 0.622. The molecular weight excluding hydrogens is 486 g/mol. The van der Waals surface area contributed by atoms with Crippen LogP contribution in [0.5, 0.6) is 0 Å². The van der Waals surface area contributed by atoms with Crippen LogP contribution in [0.4, 0.5) is 20.3 Å². The molecular formula is C29H42F2N6O. The number of halogens is 2. The van der Waals surface area contributed by atoms with Crippen LogP contribution < -0.4 is 15.1 Å². The van der Waals surface area contributed by atoms with Crippen molar-refractivity contribution >= 4 is 17.4 Å². The first-order valence-electron chi connectivity index (χ1n) is 13.9. The Morgan fingerprint density at radius 3 is 2.26 bits per heavy atom. The second-order valence-corrected chi connectivity index (χ2v) is 11.5. The van der Waals surface area contributed by atoms with Crippen LogP contribution in [0.1, 0.15) is 64.6 Å². The monoisotopic (exact) mass is 528 g/mol. The molecule has 3 aliphatic rings. The van der Waals surface area contributed by atoms with Gasteiger partial charge < -0.3 is 15.1 Å². The lowest BCUT2D eigenvalue weighted by molar-refractivity contribution is -0.123. The van der Waals surface area contributed by atoms with Gasteiger partial charge in [0.05, 0.1) is 17.8 Å². The van der Waals surface area contributed by atoms with Crippen LogP contribution in [-0.4, -0.2) is 65.6 Å². The summed E-state index contributed by atoms with van der Waals surface area (Å²) in [5.74, 6) is -0.169. The van der Waals surface area contributed by atoms with Gasteiger partial charge in [-0.25, -0.2) is 18.7 Å². The molecule has 3 saturated heterocycles. The Bertz CT molecular complexity index is 1120.